The summed E-state index contributed by atoms with van der Waals surface area (Å²) >= 11 is 15.0. The van der Waals surface area contributed by atoms with Gasteiger partial charge in [-0.25, -0.2) is 0 Å². The third-order valence-corrected chi connectivity index (χ3v) is 3.41. The lowest BCUT2D eigenvalue weighted by Crippen LogP contribution is -1.82. The first kappa shape index (κ1) is 10.0. The van der Waals surface area contributed by atoms with Crippen LogP contribution in [0.2, 0.25) is 10.0 Å². The van der Waals surface area contributed by atoms with Gasteiger partial charge < -0.3 is 5.11 Å². The fourth-order valence-electron chi connectivity index (χ4n) is 1.18. The Balaban J connectivity index is 2.98. The summed E-state index contributed by atoms with van der Waals surface area (Å²) in [7, 11) is 0. The van der Waals surface area contributed by atoms with Crippen LogP contribution < -0.4 is 0 Å². The lowest BCUT2D eigenvalue weighted by molar-refractivity contribution is 0.481. The van der Waals surface area contributed by atoms with Crippen molar-refractivity contribution in [2.24, 2.45) is 0 Å². The molecule has 2 rings (SSSR count). The zero-order valence-electron chi connectivity index (χ0n) is 6.76. The summed E-state index contributed by atoms with van der Waals surface area (Å²) in [6.45, 7) is 0. The molecule has 2 aromatic rings. The lowest BCUT2D eigenvalue weighted by Gasteiger charge is -2.05. The lowest BCUT2D eigenvalue weighted by atomic mass is 10.2. The van der Waals surface area contributed by atoms with Gasteiger partial charge in [-0.3, -0.25) is 4.98 Å². The molecule has 0 unspecified atom stereocenters. The van der Waals surface area contributed by atoms with Gasteiger partial charge >= 0.3 is 0 Å². The van der Waals surface area contributed by atoms with E-state index in [2.05, 4.69) is 20.9 Å². The molecule has 1 heterocycles. The number of fused-ring (bicyclic) bond motifs is 1. The highest BCUT2D eigenvalue weighted by Crippen LogP contribution is 2.38. The number of benzene rings is 1. The third-order valence-electron chi connectivity index (χ3n) is 1.85. The molecule has 0 saturated heterocycles. The second-order valence-corrected chi connectivity index (χ2v) is 4.35. The fraction of sp³-hybridized carbons (Fsp3) is 0. The Kier molecular flexibility index (Phi) is 2.56. The maximum absolute atomic E-state index is 9.69. The Hall–Kier alpha value is -0.510. The Bertz CT molecular complexity index is 473. The molecule has 0 bridgehead atoms. The van der Waals surface area contributed by atoms with Crippen molar-refractivity contribution in [3.8, 4) is 5.75 Å². The summed E-state index contributed by atoms with van der Waals surface area (Å²) in [6.07, 6.45) is 1.39. The van der Waals surface area contributed by atoms with E-state index < -0.39 is 0 Å². The van der Waals surface area contributed by atoms with Gasteiger partial charge in [0.2, 0.25) is 0 Å². The maximum atomic E-state index is 9.69. The number of hydrogen-bond donors (Lipinski definition) is 1. The highest BCUT2D eigenvalue weighted by Gasteiger charge is 2.11. The predicted octanol–water partition coefficient (Wildman–Crippen LogP) is 4.01. The van der Waals surface area contributed by atoms with E-state index in [1.54, 1.807) is 12.1 Å². The number of pyridine rings is 1. The summed E-state index contributed by atoms with van der Waals surface area (Å²) in [5, 5.41) is 10.8. The molecule has 14 heavy (non-hydrogen) atoms. The monoisotopic (exact) mass is 291 g/mol. The van der Waals surface area contributed by atoms with E-state index in [0.717, 1.165) is 0 Å². The molecule has 72 valence electrons. The van der Waals surface area contributed by atoms with Crippen molar-refractivity contribution >= 4 is 50.0 Å². The molecule has 1 aromatic carbocycles. The summed E-state index contributed by atoms with van der Waals surface area (Å²) in [6, 6.07) is 3.52. The minimum Gasteiger partial charge on any atom is -0.506 e. The molecule has 5 heteroatoms. The quantitative estimate of drug-likeness (QED) is 0.796. The van der Waals surface area contributed by atoms with E-state index in [-0.39, 0.29) is 10.8 Å². The van der Waals surface area contributed by atoms with Crippen LogP contribution in [0.25, 0.3) is 10.9 Å². The van der Waals surface area contributed by atoms with Crippen molar-refractivity contribution in [1.82, 2.24) is 4.98 Å². The standard InChI is InChI=1S/C9H4BrCl2NO/c10-4-1-2-6-7(8(4)12)9(14)5(11)3-13-6/h1-3H,(H,13,14). The van der Waals surface area contributed by atoms with Crippen LogP contribution in [0.5, 0.6) is 5.75 Å². The van der Waals surface area contributed by atoms with Gasteiger partial charge in [-0.1, -0.05) is 23.2 Å². The minimum absolute atomic E-state index is 0.0389. The molecule has 0 amide bonds. The Morgan fingerprint density at radius 2 is 2.00 bits per heavy atom. The summed E-state index contributed by atoms with van der Waals surface area (Å²) in [5.74, 6) is -0.0389. The van der Waals surface area contributed by atoms with Crippen molar-refractivity contribution in [3.63, 3.8) is 0 Å². The number of aromatic nitrogens is 1. The SMILES string of the molecule is Oc1c(Cl)cnc2ccc(Br)c(Cl)c12. The van der Waals surface area contributed by atoms with Gasteiger partial charge in [-0.05, 0) is 28.1 Å². The molecule has 0 atom stereocenters. The summed E-state index contributed by atoms with van der Waals surface area (Å²) in [4.78, 5) is 4.05. The normalized spacial score (nSPS) is 10.8. The van der Waals surface area contributed by atoms with Crippen molar-refractivity contribution in [3.05, 3.63) is 32.8 Å². The second-order valence-electron chi connectivity index (χ2n) is 2.71. The Morgan fingerprint density at radius 3 is 2.71 bits per heavy atom. The van der Waals surface area contributed by atoms with Crippen molar-refractivity contribution in [2.75, 3.05) is 0 Å². The van der Waals surface area contributed by atoms with Gasteiger partial charge in [0.25, 0.3) is 0 Å². The van der Waals surface area contributed by atoms with E-state index in [9.17, 15) is 5.11 Å². The number of rotatable bonds is 0. The first-order chi connectivity index (χ1) is 6.61. The van der Waals surface area contributed by atoms with Gasteiger partial charge in [0.05, 0.1) is 15.9 Å². The highest BCUT2D eigenvalue weighted by molar-refractivity contribution is 9.10. The Morgan fingerprint density at radius 1 is 1.29 bits per heavy atom. The molecule has 0 spiro atoms. The van der Waals surface area contributed by atoms with Gasteiger partial charge in [-0.15, -0.1) is 0 Å². The third kappa shape index (κ3) is 1.45. The molecule has 1 N–H and O–H groups in total. The average molecular weight is 293 g/mol. The van der Waals surface area contributed by atoms with Crippen molar-refractivity contribution in [1.29, 1.82) is 0 Å². The number of hydrogen-bond acceptors (Lipinski definition) is 2. The summed E-state index contributed by atoms with van der Waals surface area (Å²) < 4.78 is 0.700. The molecule has 0 saturated carbocycles. The minimum atomic E-state index is -0.0389. The van der Waals surface area contributed by atoms with Gasteiger partial charge in [0, 0.05) is 10.7 Å². The number of nitrogens with zero attached hydrogens (tertiary/aromatic N) is 1. The zero-order chi connectivity index (χ0) is 10.3. The average Bonchev–Trinajstić information content (AvgIpc) is 2.17. The smallest absolute Gasteiger partial charge is 0.146 e. The molecule has 2 nitrogen and oxygen atoms in total. The fourth-order valence-corrected chi connectivity index (χ4v) is 1.90. The molecular formula is C9H4BrCl2NO. The molecular weight excluding hydrogens is 289 g/mol. The van der Waals surface area contributed by atoms with Crippen LogP contribution in [0.4, 0.5) is 0 Å². The molecule has 0 radical (unpaired) electrons. The predicted molar refractivity (Wildman–Crippen MR) is 61.1 cm³/mol. The highest BCUT2D eigenvalue weighted by atomic mass is 79.9. The second kappa shape index (κ2) is 3.57. The van der Waals surface area contributed by atoms with Crippen LogP contribution in [-0.4, -0.2) is 10.1 Å². The van der Waals surface area contributed by atoms with Crippen LogP contribution in [0.3, 0.4) is 0 Å². The van der Waals surface area contributed by atoms with Gasteiger partial charge in [0.1, 0.15) is 10.8 Å². The van der Waals surface area contributed by atoms with Crippen LogP contribution in [0, 0.1) is 0 Å². The van der Waals surface area contributed by atoms with Crippen LogP contribution in [-0.2, 0) is 0 Å². The number of halogens is 3. The topological polar surface area (TPSA) is 33.1 Å². The zero-order valence-corrected chi connectivity index (χ0v) is 9.86. The number of aromatic hydroxyl groups is 1. The Labute approximate surface area is 98.6 Å². The first-order valence-electron chi connectivity index (χ1n) is 3.72. The van der Waals surface area contributed by atoms with Crippen LogP contribution >= 0.6 is 39.1 Å². The van der Waals surface area contributed by atoms with Crippen molar-refractivity contribution in [2.45, 2.75) is 0 Å². The summed E-state index contributed by atoms with van der Waals surface area (Å²) in [5.41, 5.74) is 0.611. The van der Waals surface area contributed by atoms with E-state index in [4.69, 9.17) is 23.2 Å². The molecule has 0 aliphatic heterocycles. The maximum Gasteiger partial charge on any atom is 0.146 e. The van der Waals surface area contributed by atoms with E-state index in [0.29, 0.717) is 20.4 Å². The van der Waals surface area contributed by atoms with Crippen LogP contribution in [0.15, 0.2) is 22.8 Å². The molecule has 0 aliphatic carbocycles. The van der Waals surface area contributed by atoms with E-state index in [1.165, 1.54) is 6.20 Å². The molecule has 0 aliphatic rings. The van der Waals surface area contributed by atoms with E-state index >= 15 is 0 Å². The van der Waals surface area contributed by atoms with Gasteiger partial charge in [0.15, 0.2) is 0 Å². The molecule has 1 aromatic heterocycles. The largest absolute Gasteiger partial charge is 0.506 e. The van der Waals surface area contributed by atoms with Crippen molar-refractivity contribution < 1.29 is 5.11 Å². The first-order valence-corrected chi connectivity index (χ1v) is 5.27. The van der Waals surface area contributed by atoms with E-state index in [1.807, 2.05) is 0 Å². The van der Waals surface area contributed by atoms with Gasteiger partial charge in [-0.2, -0.15) is 0 Å². The van der Waals surface area contributed by atoms with Crippen LogP contribution in [0.1, 0.15) is 0 Å². The molecule has 0 fully saturated rings.